The van der Waals surface area contributed by atoms with Crippen LogP contribution < -0.4 is 0 Å². The van der Waals surface area contributed by atoms with E-state index in [2.05, 4.69) is 0 Å². The van der Waals surface area contributed by atoms with Crippen LogP contribution in [0, 0.1) is 5.41 Å². The lowest BCUT2D eigenvalue weighted by Gasteiger charge is -2.25. The van der Waals surface area contributed by atoms with Crippen molar-refractivity contribution < 1.29 is 9.84 Å². The SMILES string of the molecule is OC1CCC2(CC2)CO1. The molecule has 1 N–H and O–H groups in total. The highest BCUT2D eigenvalue weighted by Gasteiger charge is 2.45. The molecule has 0 aromatic heterocycles. The average molecular weight is 128 g/mol. The monoisotopic (exact) mass is 128 g/mol. The molecule has 0 aromatic rings. The van der Waals surface area contributed by atoms with Crippen LogP contribution in [0.2, 0.25) is 0 Å². The summed E-state index contributed by atoms with van der Waals surface area (Å²) in [6.07, 6.45) is 4.20. The lowest BCUT2D eigenvalue weighted by Crippen LogP contribution is -2.26. The van der Waals surface area contributed by atoms with Gasteiger partial charge in [-0.25, -0.2) is 0 Å². The fourth-order valence-corrected chi connectivity index (χ4v) is 1.43. The molecule has 1 saturated carbocycles. The average Bonchev–Trinajstić information content (AvgIpc) is 2.60. The van der Waals surface area contributed by atoms with E-state index >= 15 is 0 Å². The van der Waals surface area contributed by atoms with Crippen molar-refractivity contribution in [1.82, 2.24) is 0 Å². The maximum Gasteiger partial charge on any atom is 0.154 e. The lowest BCUT2D eigenvalue weighted by molar-refractivity contribution is -0.145. The minimum atomic E-state index is -0.462. The second-order valence-corrected chi connectivity index (χ2v) is 3.30. The molecule has 52 valence electrons. The predicted octanol–water partition coefficient (Wildman–Crippen LogP) is 0.895. The van der Waals surface area contributed by atoms with Gasteiger partial charge >= 0.3 is 0 Å². The Hall–Kier alpha value is -0.0800. The van der Waals surface area contributed by atoms with E-state index < -0.39 is 6.29 Å². The molecule has 1 aliphatic heterocycles. The summed E-state index contributed by atoms with van der Waals surface area (Å²) in [4.78, 5) is 0. The molecule has 2 aliphatic rings. The topological polar surface area (TPSA) is 29.5 Å². The third-order valence-corrected chi connectivity index (χ3v) is 2.46. The molecule has 1 atom stereocenters. The molecular weight excluding hydrogens is 116 g/mol. The summed E-state index contributed by atoms with van der Waals surface area (Å²) in [7, 11) is 0. The van der Waals surface area contributed by atoms with E-state index in [0.29, 0.717) is 5.41 Å². The Bertz CT molecular complexity index is 108. The minimum absolute atomic E-state index is 0.462. The Morgan fingerprint density at radius 3 is 2.56 bits per heavy atom. The van der Waals surface area contributed by atoms with Crippen molar-refractivity contribution in [2.24, 2.45) is 5.41 Å². The number of ether oxygens (including phenoxy) is 1. The molecule has 2 rings (SSSR count). The van der Waals surface area contributed by atoms with Crippen LogP contribution >= 0.6 is 0 Å². The van der Waals surface area contributed by atoms with Gasteiger partial charge in [-0.05, 0) is 31.1 Å². The van der Waals surface area contributed by atoms with Gasteiger partial charge in [-0.2, -0.15) is 0 Å². The van der Waals surface area contributed by atoms with Crippen molar-refractivity contribution in [2.75, 3.05) is 6.61 Å². The second kappa shape index (κ2) is 1.70. The van der Waals surface area contributed by atoms with Crippen LogP contribution in [0.4, 0.5) is 0 Å². The number of aliphatic hydroxyl groups is 1. The highest BCUT2D eigenvalue weighted by molar-refractivity contribution is 4.94. The van der Waals surface area contributed by atoms with Crippen molar-refractivity contribution in [2.45, 2.75) is 32.0 Å². The van der Waals surface area contributed by atoms with Gasteiger partial charge in [0, 0.05) is 0 Å². The Kier molecular flexibility index (Phi) is 1.08. The van der Waals surface area contributed by atoms with Crippen molar-refractivity contribution in [3.8, 4) is 0 Å². The van der Waals surface area contributed by atoms with Crippen molar-refractivity contribution in [3.63, 3.8) is 0 Å². The van der Waals surface area contributed by atoms with E-state index in [1.54, 1.807) is 0 Å². The van der Waals surface area contributed by atoms with Gasteiger partial charge in [-0.1, -0.05) is 0 Å². The van der Waals surface area contributed by atoms with Gasteiger partial charge in [0.25, 0.3) is 0 Å². The van der Waals surface area contributed by atoms with Crippen molar-refractivity contribution in [1.29, 1.82) is 0 Å². The Morgan fingerprint density at radius 2 is 2.11 bits per heavy atom. The first-order valence-corrected chi connectivity index (χ1v) is 3.61. The summed E-state index contributed by atoms with van der Waals surface area (Å²) in [5.41, 5.74) is 0.527. The zero-order valence-corrected chi connectivity index (χ0v) is 5.47. The molecule has 0 aromatic carbocycles. The van der Waals surface area contributed by atoms with E-state index in [9.17, 15) is 0 Å². The van der Waals surface area contributed by atoms with Crippen molar-refractivity contribution in [3.05, 3.63) is 0 Å². The summed E-state index contributed by atoms with van der Waals surface area (Å²) in [5, 5.41) is 8.95. The third kappa shape index (κ3) is 0.970. The summed E-state index contributed by atoms with van der Waals surface area (Å²) < 4.78 is 5.11. The van der Waals surface area contributed by atoms with Gasteiger partial charge < -0.3 is 9.84 Å². The predicted molar refractivity (Wildman–Crippen MR) is 32.9 cm³/mol. The van der Waals surface area contributed by atoms with Crippen LogP contribution in [0.25, 0.3) is 0 Å². The van der Waals surface area contributed by atoms with Gasteiger partial charge in [0.15, 0.2) is 6.29 Å². The first kappa shape index (κ1) is 5.69. The maximum absolute atomic E-state index is 8.95. The number of hydrogen-bond donors (Lipinski definition) is 1. The molecule has 9 heavy (non-hydrogen) atoms. The molecular formula is C7H12O2. The summed E-state index contributed by atoms with van der Waals surface area (Å²) in [5.74, 6) is 0. The van der Waals surface area contributed by atoms with E-state index in [1.165, 1.54) is 19.3 Å². The molecule has 0 bridgehead atoms. The highest BCUT2D eigenvalue weighted by atomic mass is 16.6. The zero-order valence-electron chi connectivity index (χ0n) is 5.47. The van der Waals surface area contributed by atoms with Crippen LogP contribution in [0.15, 0.2) is 0 Å². The molecule has 1 aliphatic carbocycles. The largest absolute Gasteiger partial charge is 0.368 e. The van der Waals surface area contributed by atoms with Crippen LogP contribution in [0.5, 0.6) is 0 Å². The van der Waals surface area contributed by atoms with Gasteiger partial charge in [-0.15, -0.1) is 0 Å². The van der Waals surface area contributed by atoms with Crippen LogP contribution in [0.1, 0.15) is 25.7 Å². The zero-order chi connectivity index (χ0) is 6.32. The third-order valence-electron chi connectivity index (χ3n) is 2.46. The number of rotatable bonds is 0. The lowest BCUT2D eigenvalue weighted by atomic mass is 9.99. The number of hydrogen-bond acceptors (Lipinski definition) is 2. The molecule has 1 heterocycles. The van der Waals surface area contributed by atoms with Crippen LogP contribution in [0.3, 0.4) is 0 Å². The summed E-state index contributed by atoms with van der Waals surface area (Å²) >= 11 is 0. The normalized spacial score (nSPS) is 39.0. The Labute approximate surface area is 54.8 Å². The summed E-state index contributed by atoms with van der Waals surface area (Å²) in [6, 6.07) is 0. The van der Waals surface area contributed by atoms with Gasteiger partial charge in [0.2, 0.25) is 0 Å². The molecule has 2 nitrogen and oxygen atoms in total. The molecule has 1 spiro atoms. The van der Waals surface area contributed by atoms with Crippen LogP contribution in [-0.2, 0) is 4.74 Å². The quantitative estimate of drug-likeness (QED) is 0.525. The Balaban J connectivity index is 1.91. The standard InChI is InChI=1S/C7H12O2/c8-6-1-2-7(3-4-7)5-9-6/h6,8H,1-5H2. The van der Waals surface area contributed by atoms with Gasteiger partial charge in [0.1, 0.15) is 0 Å². The molecule has 1 saturated heterocycles. The summed E-state index contributed by atoms with van der Waals surface area (Å²) in [6.45, 7) is 0.800. The van der Waals surface area contributed by atoms with Gasteiger partial charge in [-0.3, -0.25) is 0 Å². The minimum Gasteiger partial charge on any atom is -0.368 e. The first-order valence-electron chi connectivity index (χ1n) is 3.61. The Morgan fingerprint density at radius 1 is 1.33 bits per heavy atom. The van der Waals surface area contributed by atoms with E-state index in [1.807, 2.05) is 0 Å². The van der Waals surface area contributed by atoms with E-state index in [0.717, 1.165) is 13.0 Å². The fourth-order valence-electron chi connectivity index (χ4n) is 1.43. The molecule has 0 amide bonds. The smallest absolute Gasteiger partial charge is 0.154 e. The van der Waals surface area contributed by atoms with E-state index in [4.69, 9.17) is 9.84 Å². The van der Waals surface area contributed by atoms with Gasteiger partial charge in [0.05, 0.1) is 6.61 Å². The first-order chi connectivity index (χ1) is 4.31. The number of aliphatic hydroxyl groups excluding tert-OH is 1. The molecule has 0 radical (unpaired) electrons. The molecule has 2 heteroatoms. The molecule has 2 fully saturated rings. The van der Waals surface area contributed by atoms with E-state index in [-0.39, 0.29) is 0 Å². The highest BCUT2D eigenvalue weighted by Crippen LogP contribution is 2.52. The second-order valence-electron chi connectivity index (χ2n) is 3.30. The van der Waals surface area contributed by atoms with Crippen LogP contribution in [-0.4, -0.2) is 18.0 Å². The molecule has 1 unspecified atom stereocenters. The van der Waals surface area contributed by atoms with Crippen molar-refractivity contribution >= 4 is 0 Å². The maximum atomic E-state index is 8.95. The fraction of sp³-hybridized carbons (Fsp3) is 1.00.